The fraction of sp³-hybridized carbons (Fsp3) is 0.333. The Bertz CT molecular complexity index is 1000. The van der Waals surface area contributed by atoms with Crippen LogP contribution in [-0.2, 0) is 23.9 Å². The fourth-order valence-electron chi connectivity index (χ4n) is 3.82. The molecule has 0 spiro atoms. The van der Waals surface area contributed by atoms with E-state index in [4.69, 9.17) is 9.47 Å². The van der Waals surface area contributed by atoms with Crippen LogP contribution in [0.5, 0.6) is 0 Å². The van der Waals surface area contributed by atoms with E-state index >= 15 is 0 Å². The Balaban J connectivity index is 1.72. The lowest BCUT2D eigenvalue weighted by Gasteiger charge is -2.42. The number of aliphatic imine (C=N–C) groups is 1. The van der Waals surface area contributed by atoms with Crippen LogP contribution in [0.15, 0.2) is 64.0 Å². The third kappa shape index (κ3) is 3.47. The molecule has 0 saturated heterocycles. The first kappa shape index (κ1) is 19.8. The number of carbonyl (C=O) groups excluding carboxylic acids is 2. The van der Waals surface area contributed by atoms with Crippen LogP contribution in [0.3, 0.4) is 0 Å². The van der Waals surface area contributed by atoms with Crippen molar-refractivity contribution in [2.24, 2.45) is 10.9 Å². The number of dihydropyridines is 1. The van der Waals surface area contributed by atoms with Crippen molar-refractivity contribution in [1.82, 2.24) is 4.90 Å². The second kappa shape index (κ2) is 7.74. The summed E-state index contributed by atoms with van der Waals surface area (Å²) < 4.78 is 23.8. The van der Waals surface area contributed by atoms with E-state index in [-0.39, 0.29) is 23.9 Å². The largest absolute Gasteiger partial charge is 0.475 e. The van der Waals surface area contributed by atoms with Gasteiger partial charge in [-0.05, 0) is 43.9 Å². The summed E-state index contributed by atoms with van der Waals surface area (Å²) in [5.41, 5.74) is 0.427. The first-order valence-corrected chi connectivity index (χ1v) is 9.53. The molecule has 4 aliphatic rings. The third-order valence-electron chi connectivity index (χ3n) is 5.22. The van der Waals surface area contributed by atoms with Crippen molar-refractivity contribution in [3.8, 4) is 0 Å². The van der Waals surface area contributed by atoms with Crippen LogP contribution in [0, 0.1) is 5.92 Å². The van der Waals surface area contributed by atoms with Crippen LogP contribution in [0.25, 0.3) is 0 Å². The molecule has 1 aliphatic carbocycles. The summed E-state index contributed by atoms with van der Waals surface area (Å²) in [5, 5.41) is 9.45. The lowest BCUT2D eigenvalue weighted by molar-refractivity contribution is -0.143. The molecule has 4 rings (SSSR count). The Hall–Kier alpha value is -3.49. The summed E-state index contributed by atoms with van der Waals surface area (Å²) in [6.45, 7) is 1.72. The molecule has 3 unspecified atom stereocenters. The Kier molecular flexibility index (Phi) is 5.11. The van der Waals surface area contributed by atoms with Gasteiger partial charge in [-0.15, -0.1) is 0 Å². The zero-order valence-electron chi connectivity index (χ0n) is 16.1. The zero-order valence-corrected chi connectivity index (χ0v) is 16.1. The number of carboxylic acids is 1. The minimum atomic E-state index is -1.35. The highest BCUT2D eigenvalue weighted by Gasteiger charge is 2.47. The zero-order chi connectivity index (χ0) is 21.4. The van der Waals surface area contributed by atoms with Gasteiger partial charge in [0.1, 0.15) is 23.2 Å². The van der Waals surface area contributed by atoms with E-state index in [0.717, 1.165) is 6.20 Å². The first-order valence-electron chi connectivity index (χ1n) is 9.53. The number of nitrogens with zero attached hydrogens (tertiary/aromatic N) is 2. The van der Waals surface area contributed by atoms with Crippen molar-refractivity contribution in [2.45, 2.75) is 31.8 Å². The summed E-state index contributed by atoms with van der Waals surface area (Å²) in [5.74, 6) is -3.26. The summed E-state index contributed by atoms with van der Waals surface area (Å²) in [7, 11) is 0. The summed E-state index contributed by atoms with van der Waals surface area (Å²) in [6.07, 6.45) is 9.60. The van der Waals surface area contributed by atoms with E-state index in [9.17, 15) is 23.9 Å². The van der Waals surface area contributed by atoms with Gasteiger partial charge in [-0.25, -0.2) is 14.0 Å². The average Bonchev–Trinajstić information content (AvgIpc) is 2.73. The molecule has 0 bridgehead atoms. The number of carbonyl (C=O) groups is 3. The van der Waals surface area contributed by atoms with Crippen LogP contribution in [0.1, 0.15) is 19.8 Å². The van der Waals surface area contributed by atoms with Crippen LogP contribution in [0.2, 0.25) is 0 Å². The molecule has 0 fully saturated rings. The van der Waals surface area contributed by atoms with E-state index < -0.39 is 35.7 Å². The van der Waals surface area contributed by atoms with E-state index in [0.29, 0.717) is 24.2 Å². The van der Waals surface area contributed by atoms with Crippen LogP contribution in [-0.4, -0.2) is 52.8 Å². The Morgan fingerprint density at radius 2 is 2.23 bits per heavy atom. The Morgan fingerprint density at radius 1 is 1.43 bits per heavy atom. The molecule has 3 atom stereocenters. The van der Waals surface area contributed by atoms with Crippen molar-refractivity contribution in [1.29, 1.82) is 0 Å². The monoisotopic (exact) mass is 414 g/mol. The molecule has 30 heavy (non-hydrogen) atoms. The quantitative estimate of drug-likeness (QED) is 0.546. The van der Waals surface area contributed by atoms with Gasteiger partial charge in [0.15, 0.2) is 0 Å². The minimum absolute atomic E-state index is 0.0174. The third-order valence-corrected chi connectivity index (χ3v) is 5.22. The number of halogens is 1. The topological polar surface area (TPSA) is 106 Å². The second-order valence-electron chi connectivity index (χ2n) is 7.16. The molecule has 3 heterocycles. The molecule has 8 nitrogen and oxygen atoms in total. The van der Waals surface area contributed by atoms with E-state index in [2.05, 4.69) is 4.99 Å². The smallest absolute Gasteiger partial charge is 0.373 e. The predicted molar refractivity (Wildman–Crippen MR) is 103 cm³/mol. The Labute approximate surface area is 171 Å². The van der Waals surface area contributed by atoms with Gasteiger partial charge < -0.3 is 14.6 Å². The van der Waals surface area contributed by atoms with Gasteiger partial charge >= 0.3 is 11.9 Å². The van der Waals surface area contributed by atoms with Crippen LogP contribution >= 0.6 is 0 Å². The molecule has 3 aliphatic heterocycles. The highest BCUT2D eigenvalue weighted by atomic mass is 19.1. The first-order chi connectivity index (χ1) is 14.4. The van der Waals surface area contributed by atoms with E-state index in [1.807, 2.05) is 0 Å². The number of hydrogen-bond donors (Lipinski definition) is 1. The molecular weight excluding hydrogens is 395 g/mol. The van der Waals surface area contributed by atoms with E-state index in [1.54, 1.807) is 19.2 Å². The molecule has 1 amide bonds. The normalized spacial score (nSPS) is 27.0. The Morgan fingerprint density at radius 3 is 2.90 bits per heavy atom. The SMILES string of the molecule is CCOC(=O)C1=CC2N=CC(CC3C=CC(F)=CC3)=C3OC(C(=O)O)=CN(C1=O)C32. The van der Waals surface area contributed by atoms with Crippen molar-refractivity contribution in [3.63, 3.8) is 0 Å². The number of amides is 1. The number of hydrogen-bond acceptors (Lipinski definition) is 6. The number of ether oxygens (including phenoxy) is 2. The molecule has 0 radical (unpaired) electrons. The molecule has 9 heteroatoms. The van der Waals surface area contributed by atoms with Crippen LogP contribution < -0.4 is 0 Å². The second-order valence-corrected chi connectivity index (χ2v) is 7.16. The molecular formula is C21H19FN2O6. The lowest BCUT2D eigenvalue weighted by Crippen LogP contribution is -2.53. The highest BCUT2D eigenvalue weighted by Crippen LogP contribution is 2.38. The maximum absolute atomic E-state index is 13.3. The number of esters is 1. The van der Waals surface area contributed by atoms with Crippen molar-refractivity contribution >= 4 is 24.1 Å². The van der Waals surface area contributed by atoms with E-state index in [1.165, 1.54) is 23.1 Å². The number of aliphatic carboxylic acids is 1. The maximum atomic E-state index is 13.3. The standard InChI is InChI=1S/C21H19FN2O6/c1-2-29-21(28)14-8-15-17-18(30-16(20(26)27)10-24(17)19(14)25)12(9-23-15)7-11-3-5-13(22)6-4-11/h3,5-6,8-11,15,17H,2,4,7H2,1H3,(H,26,27). The van der Waals surface area contributed by atoms with Crippen molar-refractivity contribution < 1.29 is 33.4 Å². The van der Waals surface area contributed by atoms with Gasteiger partial charge in [0.05, 0.1) is 18.8 Å². The lowest BCUT2D eigenvalue weighted by atomic mass is 9.86. The molecule has 156 valence electrons. The number of allylic oxidation sites excluding steroid dienone is 5. The molecule has 0 aromatic heterocycles. The van der Waals surface area contributed by atoms with Crippen molar-refractivity contribution in [2.75, 3.05) is 6.61 Å². The molecule has 0 aromatic carbocycles. The van der Waals surface area contributed by atoms with Gasteiger partial charge in [0.2, 0.25) is 5.76 Å². The number of carboxylic acid groups (broad SMARTS) is 1. The summed E-state index contributed by atoms with van der Waals surface area (Å²) in [6, 6.07) is -1.31. The van der Waals surface area contributed by atoms with Gasteiger partial charge in [0.25, 0.3) is 5.91 Å². The predicted octanol–water partition coefficient (Wildman–Crippen LogP) is 2.17. The molecule has 0 saturated carbocycles. The minimum Gasteiger partial charge on any atom is -0.475 e. The van der Waals surface area contributed by atoms with Gasteiger partial charge in [-0.3, -0.25) is 14.7 Å². The summed E-state index contributed by atoms with van der Waals surface area (Å²) >= 11 is 0. The van der Waals surface area contributed by atoms with Crippen LogP contribution in [0.4, 0.5) is 4.39 Å². The molecule has 1 N–H and O–H groups in total. The van der Waals surface area contributed by atoms with Gasteiger partial charge in [0, 0.05) is 11.8 Å². The highest BCUT2D eigenvalue weighted by molar-refractivity contribution is 6.17. The van der Waals surface area contributed by atoms with Gasteiger partial charge in [-0.2, -0.15) is 0 Å². The average molecular weight is 414 g/mol. The molecule has 0 aromatic rings. The maximum Gasteiger partial charge on any atom is 0.373 e. The summed E-state index contributed by atoms with van der Waals surface area (Å²) in [4.78, 5) is 42.4. The number of rotatable bonds is 5. The van der Waals surface area contributed by atoms with Crippen molar-refractivity contribution in [3.05, 3.63) is 59.0 Å². The van der Waals surface area contributed by atoms with Gasteiger partial charge in [-0.1, -0.05) is 6.08 Å². The fourth-order valence-corrected chi connectivity index (χ4v) is 3.82.